The molecule has 32 heavy (non-hydrogen) atoms. The minimum absolute atomic E-state index is 0.0508. The van der Waals surface area contributed by atoms with Crippen molar-refractivity contribution in [1.82, 2.24) is 0 Å². The molecular formula is C25H28F4O2S. The van der Waals surface area contributed by atoms with Crippen molar-refractivity contribution >= 4 is 17.7 Å². The fraction of sp³-hybridized carbons (Fsp3) is 0.480. The molecule has 0 bridgehead atoms. The predicted molar refractivity (Wildman–Crippen MR) is 119 cm³/mol. The van der Waals surface area contributed by atoms with Gasteiger partial charge in [-0.15, -0.1) is 0 Å². The van der Waals surface area contributed by atoms with E-state index in [1.54, 1.807) is 6.07 Å². The molecule has 1 aliphatic rings. The monoisotopic (exact) mass is 468 g/mol. The molecule has 2 aromatic carbocycles. The van der Waals surface area contributed by atoms with Crippen LogP contribution in [0, 0.1) is 17.6 Å². The quantitative estimate of drug-likeness (QED) is 0.228. The fourth-order valence-corrected chi connectivity index (χ4v) is 5.31. The van der Waals surface area contributed by atoms with Crippen molar-refractivity contribution in [2.75, 3.05) is 0 Å². The summed E-state index contributed by atoms with van der Waals surface area (Å²) in [6, 6.07) is 6.99. The molecule has 1 aliphatic carbocycles. The molecule has 0 aromatic heterocycles. The van der Waals surface area contributed by atoms with Crippen LogP contribution < -0.4 is 0 Å². The second-order valence-corrected chi connectivity index (χ2v) is 9.43. The van der Waals surface area contributed by atoms with Crippen molar-refractivity contribution in [3.8, 4) is 11.1 Å². The van der Waals surface area contributed by atoms with Gasteiger partial charge in [0.15, 0.2) is 11.6 Å². The van der Waals surface area contributed by atoms with E-state index in [2.05, 4.69) is 6.92 Å². The SMILES string of the molecule is CCCCCC1CCC(c2c(C(=O)O)cccc2-c2ccc(SC(F)F)c(F)c2F)CC1. The van der Waals surface area contributed by atoms with Crippen LogP contribution in [0.15, 0.2) is 35.2 Å². The highest BCUT2D eigenvalue weighted by atomic mass is 32.2. The highest BCUT2D eigenvalue weighted by Crippen LogP contribution is 2.44. The molecule has 0 heterocycles. The Bertz CT molecular complexity index is 940. The molecule has 0 amide bonds. The zero-order valence-electron chi connectivity index (χ0n) is 18.1. The number of aromatic carboxylic acids is 1. The van der Waals surface area contributed by atoms with E-state index in [0.29, 0.717) is 17.0 Å². The van der Waals surface area contributed by atoms with Gasteiger partial charge < -0.3 is 5.11 Å². The molecule has 1 saturated carbocycles. The Morgan fingerprint density at radius 1 is 1.03 bits per heavy atom. The van der Waals surface area contributed by atoms with Gasteiger partial charge in [-0.1, -0.05) is 62.6 Å². The number of carbonyl (C=O) groups is 1. The number of halogens is 4. The molecule has 0 atom stereocenters. The van der Waals surface area contributed by atoms with Gasteiger partial charge in [0.05, 0.1) is 10.5 Å². The number of hydrogen-bond acceptors (Lipinski definition) is 2. The maximum Gasteiger partial charge on any atom is 0.335 e. The lowest BCUT2D eigenvalue weighted by Gasteiger charge is -2.31. The number of benzene rings is 2. The summed E-state index contributed by atoms with van der Waals surface area (Å²) >= 11 is -0.0508. The average molecular weight is 469 g/mol. The molecule has 3 rings (SSSR count). The van der Waals surface area contributed by atoms with E-state index < -0.39 is 28.3 Å². The van der Waals surface area contributed by atoms with Crippen molar-refractivity contribution in [1.29, 1.82) is 0 Å². The van der Waals surface area contributed by atoms with Gasteiger partial charge in [-0.3, -0.25) is 0 Å². The molecule has 0 aliphatic heterocycles. The van der Waals surface area contributed by atoms with E-state index in [1.807, 2.05) is 0 Å². The van der Waals surface area contributed by atoms with Crippen LogP contribution in [0.4, 0.5) is 17.6 Å². The molecular weight excluding hydrogens is 440 g/mol. The van der Waals surface area contributed by atoms with Gasteiger partial charge in [0.2, 0.25) is 0 Å². The molecule has 0 radical (unpaired) electrons. The fourth-order valence-electron chi connectivity index (χ4n) is 4.78. The zero-order chi connectivity index (χ0) is 23.3. The van der Waals surface area contributed by atoms with Crippen LogP contribution in [0.25, 0.3) is 11.1 Å². The number of thioether (sulfide) groups is 1. The highest BCUT2D eigenvalue weighted by Gasteiger charge is 2.29. The maximum absolute atomic E-state index is 14.9. The number of carboxylic acids is 1. The molecule has 2 nitrogen and oxygen atoms in total. The van der Waals surface area contributed by atoms with Gasteiger partial charge in [0.1, 0.15) is 0 Å². The van der Waals surface area contributed by atoms with E-state index >= 15 is 0 Å². The number of unbranched alkanes of at least 4 members (excludes halogenated alkanes) is 2. The van der Waals surface area contributed by atoms with Crippen LogP contribution >= 0.6 is 11.8 Å². The summed E-state index contributed by atoms with van der Waals surface area (Å²) < 4.78 is 54.7. The van der Waals surface area contributed by atoms with E-state index in [1.165, 1.54) is 37.5 Å². The second-order valence-electron chi connectivity index (χ2n) is 8.40. The van der Waals surface area contributed by atoms with Crippen LogP contribution in [-0.2, 0) is 0 Å². The van der Waals surface area contributed by atoms with Crippen molar-refractivity contribution < 1.29 is 27.5 Å². The molecule has 0 saturated heterocycles. The molecule has 7 heteroatoms. The van der Waals surface area contributed by atoms with Gasteiger partial charge in [0, 0.05) is 5.56 Å². The smallest absolute Gasteiger partial charge is 0.335 e. The van der Waals surface area contributed by atoms with Crippen LogP contribution in [-0.4, -0.2) is 16.8 Å². The third-order valence-electron chi connectivity index (χ3n) is 6.36. The second kappa shape index (κ2) is 11.2. The van der Waals surface area contributed by atoms with Crippen LogP contribution in [0.2, 0.25) is 0 Å². The molecule has 1 N–H and O–H groups in total. The van der Waals surface area contributed by atoms with E-state index in [-0.39, 0.29) is 28.8 Å². The van der Waals surface area contributed by atoms with E-state index in [4.69, 9.17) is 0 Å². The van der Waals surface area contributed by atoms with Crippen LogP contribution in [0.1, 0.15) is 80.1 Å². The Hall–Kier alpha value is -2.02. The van der Waals surface area contributed by atoms with Gasteiger partial charge in [-0.2, -0.15) is 8.78 Å². The lowest BCUT2D eigenvalue weighted by atomic mass is 9.74. The van der Waals surface area contributed by atoms with E-state index in [0.717, 1.165) is 38.2 Å². The summed E-state index contributed by atoms with van der Waals surface area (Å²) in [5, 5.41) is 9.78. The summed E-state index contributed by atoms with van der Waals surface area (Å²) in [6.45, 7) is 2.17. The number of rotatable bonds is 9. The lowest BCUT2D eigenvalue weighted by Crippen LogP contribution is -2.17. The van der Waals surface area contributed by atoms with Gasteiger partial charge >= 0.3 is 5.97 Å². The third kappa shape index (κ3) is 5.66. The molecule has 174 valence electrons. The number of hydrogen-bond donors (Lipinski definition) is 1. The standard InChI is InChI=1S/C25H28F4O2S/c1-2-3-4-6-15-9-11-16(12-10-15)21-17(7-5-8-19(21)24(30)31)18-13-14-20(32-25(28)29)23(27)22(18)26/h5,7-8,13-16,25H,2-4,6,9-12H2,1H3,(H,30,31). The Balaban J connectivity index is 1.95. The largest absolute Gasteiger partial charge is 0.478 e. The first-order chi connectivity index (χ1) is 15.3. The molecule has 0 spiro atoms. The Labute approximate surface area is 190 Å². The molecule has 0 unspecified atom stereocenters. The predicted octanol–water partition coefficient (Wildman–Crippen LogP) is 8.50. The summed E-state index contributed by atoms with van der Waals surface area (Å²) in [5.74, 6) is -6.01. The van der Waals surface area contributed by atoms with Gasteiger partial charge in [-0.25, -0.2) is 13.6 Å². The lowest BCUT2D eigenvalue weighted by molar-refractivity contribution is 0.0694. The Morgan fingerprint density at radius 3 is 2.38 bits per heavy atom. The minimum Gasteiger partial charge on any atom is -0.478 e. The number of carboxylic acid groups (broad SMARTS) is 1. The molecule has 1 fully saturated rings. The van der Waals surface area contributed by atoms with Crippen LogP contribution in [0.3, 0.4) is 0 Å². The summed E-state index contributed by atoms with van der Waals surface area (Å²) in [4.78, 5) is 11.5. The number of alkyl halides is 2. The van der Waals surface area contributed by atoms with Gasteiger partial charge in [-0.05, 0) is 60.8 Å². The minimum atomic E-state index is -2.87. The summed E-state index contributed by atoms with van der Waals surface area (Å²) in [5.41, 5.74) is 0.830. The first-order valence-electron chi connectivity index (χ1n) is 11.1. The molecule has 2 aromatic rings. The van der Waals surface area contributed by atoms with Crippen LogP contribution in [0.5, 0.6) is 0 Å². The zero-order valence-corrected chi connectivity index (χ0v) is 18.9. The third-order valence-corrected chi connectivity index (χ3v) is 7.11. The summed E-state index contributed by atoms with van der Waals surface area (Å²) in [6.07, 6.45) is 8.26. The Morgan fingerprint density at radius 2 is 1.75 bits per heavy atom. The van der Waals surface area contributed by atoms with Crippen molar-refractivity contribution in [3.63, 3.8) is 0 Å². The highest BCUT2D eigenvalue weighted by molar-refractivity contribution is 7.99. The van der Waals surface area contributed by atoms with Crippen molar-refractivity contribution in [3.05, 3.63) is 53.1 Å². The van der Waals surface area contributed by atoms with Crippen molar-refractivity contribution in [2.24, 2.45) is 5.92 Å². The Kier molecular flexibility index (Phi) is 8.63. The first kappa shape index (κ1) is 24.6. The van der Waals surface area contributed by atoms with E-state index in [9.17, 15) is 27.5 Å². The maximum atomic E-state index is 14.9. The first-order valence-corrected chi connectivity index (χ1v) is 12.0. The van der Waals surface area contributed by atoms with Gasteiger partial charge in [0.25, 0.3) is 5.76 Å². The normalized spacial score (nSPS) is 18.8. The summed E-state index contributed by atoms with van der Waals surface area (Å²) in [7, 11) is 0. The van der Waals surface area contributed by atoms with Crippen molar-refractivity contribution in [2.45, 2.75) is 74.9 Å². The topological polar surface area (TPSA) is 37.3 Å². The average Bonchev–Trinajstić information content (AvgIpc) is 2.77.